The molecule has 0 unspecified atom stereocenters. The van der Waals surface area contributed by atoms with Crippen LogP contribution >= 0.6 is 0 Å². The maximum absolute atomic E-state index is 11.4. The number of esters is 4. The predicted molar refractivity (Wildman–Crippen MR) is 76.2 cm³/mol. The Morgan fingerprint density at radius 1 is 1.00 bits per heavy atom. The van der Waals surface area contributed by atoms with Crippen LogP contribution in [0.1, 0.15) is 27.7 Å². The molecule has 0 spiro atoms. The van der Waals surface area contributed by atoms with Crippen molar-refractivity contribution in [2.24, 2.45) is 5.73 Å². The second-order valence-corrected chi connectivity index (χ2v) is 5.25. The summed E-state index contributed by atoms with van der Waals surface area (Å²) < 4.78 is 25.5. The topological polar surface area (TPSA) is 140 Å². The number of carbonyl (C=O) groups is 4. The Kier molecular flexibility index (Phi) is 6.67. The average molecular weight is 347 g/mol. The molecule has 0 aromatic carbocycles. The highest BCUT2D eigenvalue weighted by molar-refractivity contribution is 5.69. The summed E-state index contributed by atoms with van der Waals surface area (Å²) in [4.78, 5) is 45.1. The summed E-state index contributed by atoms with van der Waals surface area (Å²) in [7, 11) is 0. The molecular formula is C14H21NO9. The summed E-state index contributed by atoms with van der Waals surface area (Å²) in [6, 6.07) is 0. The van der Waals surface area contributed by atoms with E-state index in [1.165, 1.54) is 6.92 Å². The lowest BCUT2D eigenvalue weighted by Crippen LogP contribution is -2.72. The lowest BCUT2D eigenvalue weighted by Gasteiger charge is -2.46. The lowest BCUT2D eigenvalue weighted by atomic mass is 9.93. The van der Waals surface area contributed by atoms with Crippen LogP contribution < -0.4 is 5.73 Å². The third-order valence-corrected chi connectivity index (χ3v) is 3.12. The highest BCUT2D eigenvalue weighted by Crippen LogP contribution is 2.30. The molecule has 1 rings (SSSR count). The Labute approximate surface area is 138 Å². The number of ether oxygens (including phenoxy) is 5. The summed E-state index contributed by atoms with van der Waals surface area (Å²) in [5.74, 6) is -2.78. The van der Waals surface area contributed by atoms with Gasteiger partial charge in [0.2, 0.25) is 5.72 Å². The molecule has 0 aromatic rings. The quantitative estimate of drug-likeness (QED) is 0.375. The molecule has 0 saturated carbocycles. The standard InChI is InChI=1S/C14H21NO9/c1-7(16)20-6-12-14(15,24-10(4)19)13(23-9(3)18)11(5-21-12)22-8(2)17/h11-13H,5-6,15H2,1-4H3/t11-,12+,13+,14+/m0/s1. The Morgan fingerprint density at radius 3 is 2.04 bits per heavy atom. The molecule has 24 heavy (non-hydrogen) atoms. The summed E-state index contributed by atoms with van der Waals surface area (Å²) in [6.07, 6.45) is -3.55. The van der Waals surface area contributed by atoms with Gasteiger partial charge in [-0.05, 0) is 0 Å². The number of rotatable bonds is 5. The van der Waals surface area contributed by atoms with Crippen molar-refractivity contribution in [2.75, 3.05) is 13.2 Å². The van der Waals surface area contributed by atoms with Crippen LogP contribution in [0.25, 0.3) is 0 Å². The summed E-state index contributed by atoms with van der Waals surface area (Å²) in [6.45, 7) is 4.01. The monoisotopic (exact) mass is 347 g/mol. The number of nitrogens with two attached hydrogens (primary N) is 1. The third kappa shape index (κ3) is 5.17. The van der Waals surface area contributed by atoms with Crippen LogP contribution in [0, 0.1) is 0 Å². The molecule has 1 aliphatic rings. The van der Waals surface area contributed by atoms with E-state index in [0.29, 0.717) is 0 Å². The smallest absolute Gasteiger partial charge is 0.304 e. The molecule has 1 aliphatic heterocycles. The fraction of sp³-hybridized carbons (Fsp3) is 0.714. The number of carbonyl (C=O) groups excluding carboxylic acids is 4. The van der Waals surface area contributed by atoms with E-state index in [0.717, 1.165) is 20.8 Å². The Morgan fingerprint density at radius 2 is 1.58 bits per heavy atom. The van der Waals surface area contributed by atoms with E-state index in [1.807, 2.05) is 0 Å². The van der Waals surface area contributed by atoms with Crippen LogP contribution in [0.2, 0.25) is 0 Å². The normalized spacial score (nSPS) is 29.3. The van der Waals surface area contributed by atoms with Gasteiger partial charge in [0.1, 0.15) is 12.7 Å². The molecule has 1 fully saturated rings. The van der Waals surface area contributed by atoms with Crippen molar-refractivity contribution < 1.29 is 42.9 Å². The van der Waals surface area contributed by atoms with Gasteiger partial charge in [-0.2, -0.15) is 0 Å². The summed E-state index contributed by atoms with van der Waals surface area (Å²) in [5.41, 5.74) is 4.11. The minimum absolute atomic E-state index is 0.191. The summed E-state index contributed by atoms with van der Waals surface area (Å²) in [5, 5.41) is 0. The minimum Gasteiger partial charge on any atom is -0.463 e. The van der Waals surface area contributed by atoms with Crippen molar-refractivity contribution in [3.63, 3.8) is 0 Å². The molecule has 1 saturated heterocycles. The first-order valence-electron chi connectivity index (χ1n) is 7.14. The zero-order valence-electron chi connectivity index (χ0n) is 13.9. The van der Waals surface area contributed by atoms with Crippen molar-refractivity contribution in [1.29, 1.82) is 0 Å². The van der Waals surface area contributed by atoms with Gasteiger partial charge in [-0.1, -0.05) is 0 Å². The van der Waals surface area contributed by atoms with E-state index < -0.39 is 47.9 Å². The minimum atomic E-state index is -2.01. The van der Waals surface area contributed by atoms with E-state index in [9.17, 15) is 19.2 Å². The van der Waals surface area contributed by atoms with E-state index >= 15 is 0 Å². The van der Waals surface area contributed by atoms with Gasteiger partial charge in [-0.3, -0.25) is 24.9 Å². The maximum atomic E-state index is 11.4. The van der Waals surface area contributed by atoms with Crippen molar-refractivity contribution in [3.8, 4) is 0 Å². The molecule has 4 atom stereocenters. The highest BCUT2D eigenvalue weighted by Gasteiger charge is 2.57. The fourth-order valence-electron chi connectivity index (χ4n) is 2.30. The molecule has 1 heterocycles. The molecule has 0 aromatic heterocycles. The van der Waals surface area contributed by atoms with Gasteiger partial charge in [-0.15, -0.1) is 0 Å². The zero-order valence-corrected chi connectivity index (χ0v) is 13.9. The SMILES string of the molecule is CC(=O)OC[C@H]1OC[C@H](OC(C)=O)[C@@H](OC(C)=O)[C@]1(N)OC(C)=O. The van der Waals surface area contributed by atoms with Gasteiger partial charge in [0.15, 0.2) is 12.2 Å². The van der Waals surface area contributed by atoms with Crippen LogP contribution in [0.15, 0.2) is 0 Å². The Hall–Kier alpha value is -2.20. The van der Waals surface area contributed by atoms with Crippen molar-refractivity contribution in [2.45, 2.75) is 51.7 Å². The van der Waals surface area contributed by atoms with Gasteiger partial charge < -0.3 is 23.7 Å². The van der Waals surface area contributed by atoms with Crippen LogP contribution in [0.5, 0.6) is 0 Å². The molecular weight excluding hydrogens is 326 g/mol. The molecule has 0 radical (unpaired) electrons. The number of hydrogen-bond acceptors (Lipinski definition) is 10. The summed E-state index contributed by atoms with van der Waals surface area (Å²) >= 11 is 0. The second-order valence-electron chi connectivity index (χ2n) is 5.25. The van der Waals surface area contributed by atoms with Gasteiger partial charge in [-0.25, -0.2) is 0 Å². The first-order chi connectivity index (χ1) is 11.1. The highest BCUT2D eigenvalue weighted by atomic mass is 16.7. The Balaban J connectivity index is 3.16. The van der Waals surface area contributed by atoms with Gasteiger partial charge in [0, 0.05) is 27.7 Å². The first kappa shape index (κ1) is 19.8. The van der Waals surface area contributed by atoms with Crippen LogP contribution in [-0.2, 0) is 42.9 Å². The van der Waals surface area contributed by atoms with Crippen molar-refractivity contribution in [1.82, 2.24) is 0 Å². The van der Waals surface area contributed by atoms with Crippen LogP contribution in [-0.4, -0.2) is 61.1 Å². The molecule has 10 nitrogen and oxygen atoms in total. The van der Waals surface area contributed by atoms with Crippen LogP contribution in [0.4, 0.5) is 0 Å². The largest absolute Gasteiger partial charge is 0.463 e. The molecule has 0 bridgehead atoms. The lowest BCUT2D eigenvalue weighted by molar-refractivity contribution is -0.268. The molecule has 0 amide bonds. The Bertz CT molecular complexity index is 520. The fourth-order valence-corrected chi connectivity index (χ4v) is 2.30. The van der Waals surface area contributed by atoms with Crippen LogP contribution in [0.3, 0.4) is 0 Å². The number of hydrogen-bond donors (Lipinski definition) is 1. The predicted octanol–water partition coefficient (Wildman–Crippen LogP) is -0.970. The van der Waals surface area contributed by atoms with Gasteiger partial charge in [0.25, 0.3) is 0 Å². The maximum Gasteiger partial charge on any atom is 0.304 e. The van der Waals surface area contributed by atoms with E-state index in [1.54, 1.807) is 0 Å². The third-order valence-electron chi connectivity index (χ3n) is 3.12. The first-order valence-corrected chi connectivity index (χ1v) is 7.14. The van der Waals surface area contributed by atoms with Gasteiger partial charge >= 0.3 is 23.9 Å². The van der Waals surface area contributed by atoms with Crippen molar-refractivity contribution in [3.05, 3.63) is 0 Å². The second kappa shape index (κ2) is 8.06. The molecule has 2 N–H and O–H groups in total. The van der Waals surface area contributed by atoms with E-state index in [4.69, 9.17) is 29.4 Å². The zero-order chi connectivity index (χ0) is 18.5. The van der Waals surface area contributed by atoms with E-state index in [-0.39, 0.29) is 13.2 Å². The van der Waals surface area contributed by atoms with Gasteiger partial charge in [0.05, 0.1) is 6.61 Å². The molecule has 10 heteroatoms. The molecule has 0 aliphatic carbocycles. The van der Waals surface area contributed by atoms with Crippen molar-refractivity contribution >= 4 is 23.9 Å². The molecule has 136 valence electrons. The van der Waals surface area contributed by atoms with E-state index in [2.05, 4.69) is 0 Å². The average Bonchev–Trinajstić information content (AvgIpc) is 2.40.